The van der Waals surface area contributed by atoms with Gasteiger partial charge < -0.3 is 20.5 Å². The molecule has 1 aromatic carbocycles. The number of carboxylic acid groups (broad SMARTS) is 1. The molecule has 2 rings (SSSR count). The fourth-order valence-electron chi connectivity index (χ4n) is 2.23. The molecule has 8 heteroatoms. The van der Waals surface area contributed by atoms with Crippen molar-refractivity contribution in [3.05, 3.63) is 53.9 Å². The number of anilines is 1. The highest BCUT2D eigenvalue weighted by Crippen LogP contribution is 2.19. The molecule has 0 radical (unpaired) electrons. The molecule has 0 atom stereocenters. The number of amides is 2. The number of ether oxygens (including phenoxy) is 1. The monoisotopic (exact) mass is 371 g/mol. The lowest BCUT2D eigenvalue weighted by molar-refractivity contribution is -0.137. The number of carbonyl (C=O) groups is 3. The Labute approximate surface area is 156 Å². The molecule has 0 bridgehead atoms. The van der Waals surface area contributed by atoms with Crippen LogP contribution in [0.1, 0.15) is 29.9 Å². The average molecular weight is 371 g/mol. The lowest BCUT2D eigenvalue weighted by Crippen LogP contribution is -2.30. The van der Waals surface area contributed by atoms with Gasteiger partial charge >= 0.3 is 5.97 Å². The van der Waals surface area contributed by atoms with Gasteiger partial charge in [0.25, 0.3) is 5.91 Å². The van der Waals surface area contributed by atoms with Gasteiger partial charge in [-0.15, -0.1) is 0 Å². The maximum atomic E-state index is 12.5. The van der Waals surface area contributed by atoms with Gasteiger partial charge in [0.05, 0.1) is 12.5 Å². The van der Waals surface area contributed by atoms with E-state index in [0.29, 0.717) is 17.0 Å². The molecule has 0 aliphatic rings. The third-order valence-electron chi connectivity index (χ3n) is 3.36. The van der Waals surface area contributed by atoms with Crippen molar-refractivity contribution in [2.24, 2.45) is 0 Å². The van der Waals surface area contributed by atoms with Crippen LogP contribution in [0.3, 0.4) is 0 Å². The molecule has 0 aliphatic heterocycles. The normalized spacial score (nSPS) is 10.3. The summed E-state index contributed by atoms with van der Waals surface area (Å²) in [7, 11) is 0. The van der Waals surface area contributed by atoms with E-state index in [2.05, 4.69) is 15.6 Å². The first-order valence-electron chi connectivity index (χ1n) is 8.35. The number of hydrogen-bond acceptors (Lipinski definition) is 5. The summed E-state index contributed by atoms with van der Waals surface area (Å²) in [5, 5.41) is 13.6. The van der Waals surface area contributed by atoms with Crippen molar-refractivity contribution in [1.82, 2.24) is 10.3 Å². The van der Waals surface area contributed by atoms with E-state index >= 15 is 0 Å². The second kappa shape index (κ2) is 9.33. The fraction of sp³-hybridized carbons (Fsp3) is 0.263. The van der Waals surface area contributed by atoms with Gasteiger partial charge in [-0.25, -0.2) is 4.98 Å². The van der Waals surface area contributed by atoms with E-state index in [1.165, 1.54) is 6.20 Å². The van der Waals surface area contributed by atoms with Crippen molar-refractivity contribution in [3.63, 3.8) is 0 Å². The van der Waals surface area contributed by atoms with Crippen LogP contribution in [0.2, 0.25) is 0 Å². The Morgan fingerprint density at radius 3 is 2.48 bits per heavy atom. The lowest BCUT2D eigenvalue weighted by Gasteiger charge is -2.13. The zero-order valence-electron chi connectivity index (χ0n) is 15.1. The van der Waals surface area contributed by atoms with Crippen LogP contribution in [0.4, 0.5) is 5.69 Å². The van der Waals surface area contributed by atoms with E-state index in [4.69, 9.17) is 9.84 Å². The molecule has 1 heterocycles. The summed E-state index contributed by atoms with van der Waals surface area (Å²) in [4.78, 5) is 38.6. The van der Waals surface area contributed by atoms with E-state index in [9.17, 15) is 14.4 Å². The summed E-state index contributed by atoms with van der Waals surface area (Å²) in [6.45, 7) is 3.30. The number of aromatic nitrogens is 1. The molecule has 142 valence electrons. The van der Waals surface area contributed by atoms with Gasteiger partial charge in [-0.05, 0) is 43.7 Å². The smallest absolute Gasteiger partial charge is 0.322 e. The Morgan fingerprint density at radius 1 is 1.15 bits per heavy atom. The lowest BCUT2D eigenvalue weighted by atomic mass is 10.1. The minimum atomic E-state index is -1.10. The van der Waals surface area contributed by atoms with E-state index in [0.717, 1.165) is 0 Å². The number of rotatable bonds is 8. The molecular weight excluding hydrogens is 350 g/mol. The molecule has 2 amide bonds. The first-order chi connectivity index (χ1) is 12.8. The molecule has 1 aromatic heterocycles. The van der Waals surface area contributed by atoms with E-state index in [1.54, 1.807) is 36.4 Å². The number of nitrogens with one attached hydrogen (secondary N) is 2. The van der Waals surface area contributed by atoms with Crippen molar-refractivity contribution in [2.45, 2.75) is 26.4 Å². The minimum Gasteiger partial charge on any atom is -0.489 e. The van der Waals surface area contributed by atoms with Gasteiger partial charge in [-0.3, -0.25) is 14.4 Å². The highest BCUT2D eigenvalue weighted by Gasteiger charge is 2.15. The molecule has 2 aromatic rings. The Balaban J connectivity index is 1.99. The third kappa shape index (κ3) is 6.43. The maximum Gasteiger partial charge on any atom is 0.322 e. The second-order valence-corrected chi connectivity index (χ2v) is 6.02. The zero-order valence-corrected chi connectivity index (χ0v) is 15.1. The van der Waals surface area contributed by atoms with Crippen LogP contribution in [-0.2, 0) is 16.0 Å². The molecule has 0 unspecified atom stereocenters. The molecule has 8 nitrogen and oxygen atoms in total. The molecule has 0 fully saturated rings. The van der Waals surface area contributed by atoms with E-state index in [-0.39, 0.29) is 18.2 Å². The summed E-state index contributed by atoms with van der Waals surface area (Å²) in [5.41, 5.74) is 1.41. The maximum absolute atomic E-state index is 12.5. The largest absolute Gasteiger partial charge is 0.489 e. The highest BCUT2D eigenvalue weighted by atomic mass is 16.5. The predicted octanol–water partition coefficient (Wildman–Crippen LogP) is 1.86. The van der Waals surface area contributed by atoms with Gasteiger partial charge in [0.15, 0.2) is 11.4 Å². The van der Waals surface area contributed by atoms with Gasteiger partial charge in [0.1, 0.15) is 6.54 Å². The highest BCUT2D eigenvalue weighted by molar-refractivity contribution is 6.04. The van der Waals surface area contributed by atoms with Crippen LogP contribution in [0, 0.1) is 0 Å². The molecule has 0 saturated carbocycles. The first kappa shape index (κ1) is 19.9. The third-order valence-corrected chi connectivity index (χ3v) is 3.36. The molecular formula is C19H21N3O5. The molecule has 0 aliphatic carbocycles. The van der Waals surface area contributed by atoms with Crippen molar-refractivity contribution in [2.75, 3.05) is 11.9 Å². The number of hydrogen-bond donors (Lipinski definition) is 3. The number of pyridine rings is 1. The average Bonchev–Trinajstić information content (AvgIpc) is 2.61. The Kier molecular flexibility index (Phi) is 6.87. The summed E-state index contributed by atoms with van der Waals surface area (Å²) in [6, 6.07) is 10.0. The fourth-order valence-corrected chi connectivity index (χ4v) is 2.23. The van der Waals surface area contributed by atoms with Crippen LogP contribution in [0.25, 0.3) is 0 Å². The molecule has 0 spiro atoms. The minimum absolute atomic E-state index is 0.0497. The Bertz CT molecular complexity index is 818. The van der Waals surface area contributed by atoms with Gasteiger partial charge in [-0.1, -0.05) is 12.1 Å². The molecule has 0 saturated heterocycles. The van der Waals surface area contributed by atoms with E-state index < -0.39 is 24.3 Å². The topological polar surface area (TPSA) is 118 Å². The number of carbonyl (C=O) groups excluding carboxylic acids is 2. The summed E-state index contributed by atoms with van der Waals surface area (Å²) in [5.74, 6) is -1.50. The quantitative estimate of drug-likeness (QED) is 0.652. The number of nitrogens with zero attached hydrogens (tertiary/aromatic N) is 1. The van der Waals surface area contributed by atoms with Crippen molar-refractivity contribution >= 4 is 23.5 Å². The van der Waals surface area contributed by atoms with Crippen molar-refractivity contribution in [3.8, 4) is 5.75 Å². The van der Waals surface area contributed by atoms with Gasteiger partial charge in [0.2, 0.25) is 5.91 Å². The zero-order chi connectivity index (χ0) is 19.8. The van der Waals surface area contributed by atoms with Crippen LogP contribution < -0.4 is 15.4 Å². The Morgan fingerprint density at radius 2 is 1.85 bits per heavy atom. The van der Waals surface area contributed by atoms with Crippen molar-refractivity contribution < 1.29 is 24.2 Å². The number of benzene rings is 1. The van der Waals surface area contributed by atoms with E-state index in [1.807, 2.05) is 13.8 Å². The number of carboxylic acids is 1. The van der Waals surface area contributed by atoms with Crippen LogP contribution in [-0.4, -0.2) is 40.5 Å². The summed E-state index contributed by atoms with van der Waals surface area (Å²) < 4.78 is 5.60. The summed E-state index contributed by atoms with van der Waals surface area (Å²) >= 11 is 0. The van der Waals surface area contributed by atoms with Crippen LogP contribution in [0.5, 0.6) is 5.75 Å². The Hall–Kier alpha value is -3.42. The van der Waals surface area contributed by atoms with Crippen LogP contribution >= 0.6 is 0 Å². The van der Waals surface area contributed by atoms with Gasteiger partial charge in [0, 0.05) is 11.9 Å². The van der Waals surface area contributed by atoms with Crippen LogP contribution in [0.15, 0.2) is 42.6 Å². The van der Waals surface area contributed by atoms with Gasteiger partial charge in [-0.2, -0.15) is 0 Å². The standard InChI is InChI=1S/C19H21N3O5/c1-12(2)27-15-4-3-9-20-18(15)19(26)22-14-7-5-13(6-8-14)10-16(23)21-11-17(24)25/h3-9,12H,10-11H2,1-2H3,(H,21,23)(H,22,26)(H,24,25). The predicted molar refractivity (Wildman–Crippen MR) is 98.7 cm³/mol. The van der Waals surface area contributed by atoms with Crippen molar-refractivity contribution in [1.29, 1.82) is 0 Å². The summed E-state index contributed by atoms with van der Waals surface area (Å²) in [6.07, 6.45) is 1.47. The SMILES string of the molecule is CC(C)Oc1cccnc1C(=O)Nc1ccc(CC(=O)NCC(=O)O)cc1. The number of aliphatic carboxylic acids is 1. The second-order valence-electron chi connectivity index (χ2n) is 6.02. The molecule has 27 heavy (non-hydrogen) atoms. The molecule has 3 N–H and O–H groups in total. The first-order valence-corrected chi connectivity index (χ1v) is 8.35.